The second-order valence-corrected chi connectivity index (χ2v) is 13.8. The number of ether oxygens (including phenoxy) is 1. The number of hydrogen-bond acceptors (Lipinski definition) is 14. The lowest BCUT2D eigenvalue weighted by atomic mass is 10.1. The maximum Gasteiger partial charge on any atom is 0.386 e. The van der Waals surface area contributed by atoms with E-state index >= 15 is 4.39 Å². The van der Waals surface area contributed by atoms with Crippen LogP contribution < -0.4 is 17.0 Å². The van der Waals surface area contributed by atoms with E-state index in [0.29, 0.717) is 11.0 Å². The molecule has 2 unspecified atom stereocenters. The van der Waals surface area contributed by atoms with Crippen LogP contribution in [-0.4, -0.2) is 87.2 Å². The first-order chi connectivity index (χ1) is 19.6. The Hall–Kier alpha value is -2.77. The van der Waals surface area contributed by atoms with Crippen molar-refractivity contribution in [2.45, 2.75) is 47.8 Å². The lowest BCUT2D eigenvalue weighted by molar-refractivity contribution is -0.0433. The second kappa shape index (κ2) is 10.8. The van der Waals surface area contributed by atoms with Gasteiger partial charge in [-0.25, -0.2) is 23.9 Å². The number of nitrogens with zero attached hydrogens (tertiary/aromatic N) is 6. The van der Waals surface area contributed by atoms with Crippen molar-refractivity contribution in [3.8, 4) is 0 Å². The van der Waals surface area contributed by atoms with Gasteiger partial charge in [-0.15, -0.1) is 11.8 Å². The predicted octanol–water partition coefficient (Wildman–Crippen LogP) is 0.761. The standard InChI is InChI=1S/C21H25FN9O7PS2/c22-12-14(33)11(37-19(12)30-2-1-9-15(23)25-6-26-16(9)30)5-36-39(35,40)38-10-3-8(4-32)41-20(10)31-7-27-13-17(31)28-21(24)29-18(13)34/h1-2,6-8,10-12,14,19-20,32-33H,3-5H2,(H,35,40)(H2,23,25,26)(H3,24,28,29,34)/t8-,10?,11+,12-,14+,19+,20+,39?/m0/s1. The number of halogens is 1. The summed E-state index contributed by atoms with van der Waals surface area (Å²) in [5, 5.41) is 19.9. The normalized spacial score (nSPS) is 29.9. The number of aromatic amines is 1. The number of alkyl halides is 1. The monoisotopic (exact) mass is 629 g/mol. The Labute approximate surface area is 239 Å². The van der Waals surface area contributed by atoms with E-state index in [4.69, 9.17) is 25.3 Å². The minimum absolute atomic E-state index is 0.0450. The maximum atomic E-state index is 15.1. The Morgan fingerprint density at radius 1 is 1.29 bits per heavy atom. The summed E-state index contributed by atoms with van der Waals surface area (Å²) in [4.78, 5) is 30.9. The van der Waals surface area contributed by atoms with Crippen LogP contribution in [0.2, 0.25) is 0 Å². The molecule has 0 radical (unpaired) electrons. The molecule has 2 fully saturated rings. The molecule has 6 heterocycles. The lowest BCUT2D eigenvalue weighted by Crippen LogP contribution is -2.31. The van der Waals surface area contributed by atoms with Crippen LogP contribution in [0.5, 0.6) is 0 Å². The number of nitrogens with two attached hydrogens (primary N) is 2. The van der Waals surface area contributed by atoms with Crippen molar-refractivity contribution in [1.29, 1.82) is 0 Å². The highest BCUT2D eigenvalue weighted by Gasteiger charge is 2.47. The molecule has 16 nitrogen and oxygen atoms in total. The minimum Gasteiger partial charge on any atom is -0.395 e. The number of imidazole rings is 1. The Balaban J connectivity index is 1.16. The Morgan fingerprint density at radius 2 is 2.10 bits per heavy atom. The van der Waals surface area contributed by atoms with Crippen LogP contribution in [0.15, 0.2) is 29.7 Å². The topological polar surface area (TPSA) is 232 Å². The van der Waals surface area contributed by atoms with Crippen LogP contribution in [0.3, 0.4) is 0 Å². The molecular weight excluding hydrogens is 604 g/mol. The number of aliphatic hydroxyl groups is 2. The van der Waals surface area contributed by atoms with Crippen molar-refractivity contribution in [1.82, 2.24) is 34.1 Å². The molecule has 4 aromatic heterocycles. The number of aromatic nitrogens is 7. The highest BCUT2D eigenvalue weighted by atomic mass is 32.7. The first-order valence-electron chi connectivity index (χ1n) is 12.3. The third-order valence-electron chi connectivity index (χ3n) is 6.85. The number of nitrogens with one attached hydrogen (secondary N) is 1. The number of fused-ring (bicyclic) bond motifs is 2. The zero-order chi connectivity index (χ0) is 29.1. The quantitative estimate of drug-likeness (QED) is 0.117. The van der Waals surface area contributed by atoms with E-state index in [1.807, 2.05) is 0 Å². The molecular formula is C21H25FN9O7PS2. The molecule has 4 aromatic rings. The number of nitrogen functional groups attached to an aromatic ring is 2. The molecule has 0 aliphatic carbocycles. The molecule has 220 valence electrons. The van der Waals surface area contributed by atoms with E-state index in [1.165, 1.54) is 35.2 Å². The molecule has 7 N–H and O–H groups in total. The summed E-state index contributed by atoms with van der Waals surface area (Å²) in [6.45, 7) is -4.84. The number of aliphatic hydroxyl groups excluding tert-OH is 2. The molecule has 0 aromatic carbocycles. The van der Waals surface area contributed by atoms with Gasteiger partial charge in [0.15, 0.2) is 23.6 Å². The molecule has 0 spiro atoms. The molecule has 0 amide bonds. The van der Waals surface area contributed by atoms with Gasteiger partial charge in [0.1, 0.15) is 35.4 Å². The van der Waals surface area contributed by atoms with Gasteiger partial charge in [-0.2, -0.15) is 4.98 Å². The summed E-state index contributed by atoms with van der Waals surface area (Å²) in [5.41, 5.74) is 11.6. The first-order valence-corrected chi connectivity index (χ1v) is 15.9. The van der Waals surface area contributed by atoms with Crippen LogP contribution in [0.1, 0.15) is 18.0 Å². The maximum absolute atomic E-state index is 15.1. The SMILES string of the molecule is Nc1nc2c(ncn2[C@@H]2S[C@H](CO)CC2OP(=O)(S)OC[C@H]2O[C@@H](n3ccc4c(N)ncnc43)[C@@H](F)[C@@H]2O)c(=O)[nH]1. The van der Waals surface area contributed by atoms with E-state index in [9.17, 15) is 19.6 Å². The smallest absolute Gasteiger partial charge is 0.386 e. The van der Waals surface area contributed by atoms with Gasteiger partial charge in [-0.3, -0.25) is 23.4 Å². The summed E-state index contributed by atoms with van der Waals surface area (Å²) >= 11 is 5.38. The fourth-order valence-electron chi connectivity index (χ4n) is 4.93. The highest BCUT2D eigenvalue weighted by Crippen LogP contribution is 2.59. The number of thiol groups is 1. The Morgan fingerprint density at radius 3 is 2.88 bits per heavy atom. The summed E-state index contributed by atoms with van der Waals surface area (Å²) in [6.07, 6.45) is -2.42. The van der Waals surface area contributed by atoms with Crippen LogP contribution in [-0.2, 0) is 18.3 Å². The summed E-state index contributed by atoms with van der Waals surface area (Å²) in [6, 6.07) is 1.60. The minimum atomic E-state index is -4.13. The summed E-state index contributed by atoms with van der Waals surface area (Å²) < 4.78 is 48.3. The average molecular weight is 630 g/mol. The van der Waals surface area contributed by atoms with E-state index in [0.717, 1.165) is 0 Å². The summed E-state index contributed by atoms with van der Waals surface area (Å²) in [5.74, 6) is 0.0901. The van der Waals surface area contributed by atoms with Crippen LogP contribution in [0, 0.1) is 0 Å². The number of H-pyrrole nitrogens is 1. The molecule has 41 heavy (non-hydrogen) atoms. The molecule has 2 aliphatic rings. The van der Waals surface area contributed by atoms with Gasteiger partial charge < -0.3 is 31.0 Å². The third-order valence-corrected chi connectivity index (χ3v) is 10.0. The van der Waals surface area contributed by atoms with Crippen LogP contribution in [0.4, 0.5) is 16.2 Å². The number of thioether (sulfide) groups is 1. The van der Waals surface area contributed by atoms with Crippen molar-refractivity contribution in [2.24, 2.45) is 0 Å². The van der Waals surface area contributed by atoms with Crippen molar-refractivity contribution in [3.05, 3.63) is 35.3 Å². The Bertz CT molecular complexity index is 1700. The highest BCUT2D eigenvalue weighted by molar-refractivity contribution is 8.44. The van der Waals surface area contributed by atoms with E-state index in [-0.39, 0.29) is 41.2 Å². The van der Waals surface area contributed by atoms with Crippen molar-refractivity contribution < 1.29 is 33.0 Å². The zero-order valence-corrected chi connectivity index (χ0v) is 23.5. The van der Waals surface area contributed by atoms with Gasteiger partial charge in [-0.1, -0.05) is 12.2 Å². The fourth-order valence-corrected chi connectivity index (χ4v) is 7.93. The first kappa shape index (κ1) is 28.4. The van der Waals surface area contributed by atoms with E-state index in [1.54, 1.807) is 10.6 Å². The van der Waals surface area contributed by atoms with Gasteiger partial charge >= 0.3 is 6.80 Å². The third kappa shape index (κ3) is 5.20. The van der Waals surface area contributed by atoms with E-state index in [2.05, 4.69) is 37.2 Å². The average Bonchev–Trinajstić information content (AvgIpc) is 3.69. The molecule has 2 aliphatic heterocycles. The molecule has 6 rings (SSSR count). The van der Waals surface area contributed by atoms with Crippen molar-refractivity contribution >= 4 is 64.8 Å². The number of hydrogen-bond donors (Lipinski definition) is 6. The largest absolute Gasteiger partial charge is 0.395 e. The van der Waals surface area contributed by atoms with Gasteiger partial charge in [0, 0.05) is 11.4 Å². The molecule has 0 saturated carbocycles. The number of anilines is 2. The second-order valence-electron chi connectivity index (χ2n) is 9.47. The Kier molecular flexibility index (Phi) is 7.48. The van der Waals surface area contributed by atoms with Crippen molar-refractivity contribution in [3.63, 3.8) is 0 Å². The van der Waals surface area contributed by atoms with Crippen molar-refractivity contribution in [2.75, 3.05) is 24.7 Å². The summed E-state index contributed by atoms with van der Waals surface area (Å²) in [7, 11) is 0. The molecule has 8 atom stereocenters. The zero-order valence-electron chi connectivity index (χ0n) is 20.9. The fraction of sp³-hybridized carbons (Fsp3) is 0.476. The van der Waals surface area contributed by atoms with Gasteiger partial charge in [0.05, 0.1) is 31.0 Å². The van der Waals surface area contributed by atoms with E-state index < -0.39 is 55.0 Å². The lowest BCUT2D eigenvalue weighted by Gasteiger charge is -2.24. The van der Waals surface area contributed by atoms with Gasteiger partial charge in [-0.05, 0) is 12.5 Å². The van der Waals surface area contributed by atoms with Gasteiger partial charge in [0.25, 0.3) is 5.56 Å². The molecule has 0 bridgehead atoms. The number of rotatable bonds is 8. The molecule has 2 saturated heterocycles. The van der Waals surface area contributed by atoms with Crippen LogP contribution >= 0.6 is 30.8 Å². The van der Waals surface area contributed by atoms with Crippen LogP contribution in [0.25, 0.3) is 22.2 Å². The van der Waals surface area contributed by atoms with Gasteiger partial charge in [0.2, 0.25) is 5.95 Å². The molecule has 20 heteroatoms. The predicted molar refractivity (Wildman–Crippen MR) is 149 cm³/mol.